The van der Waals surface area contributed by atoms with Crippen molar-refractivity contribution in [3.8, 4) is 0 Å². The van der Waals surface area contributed by atoms with E-state index in [4.69, 9.17) is 4.42 Å². The molecule has 1 unspecified atom stereocenters. The first-order chi connectivity index (χ1) is 9.24. The maximum Gasteiger partial charge on any atom is 0.227 e. The van der Waals surface area contributed by atoms with Crippen molar-refractivity contribution in [1.82, 2.24) is 10.2 Å². The van der Waals surface area contributed by atoms with Crippen molar-refractivity contribution < 1.29 is 9.21 Å². The van der Waals surface area contributed by atoms with Crippen molar-refractivity contribution in [3.63, 3.8) is 0 Å². The summed E-state index contributed by atoms with van der Waals surface area (Å²) >= 11 is 0. The summed E-state index contributed by atoms with van der Waals surface area (Å²) in [7, 11) is 0. The Morgan fingerprint density at radius 2 is 2.26 bits per heavy atom. The molecule has 0 aromatic carbocycles. The summed E-state index contributed by atoms with van der Waals surface area (Å²) in [6.07, 6.45) is 4.41. The van der Waals surface area contributed by atoms with Crippen LogP contribution in [0.2, 0.25) is 0 Å². The van der Waals surface area contributed by atoms with E-state index < -0.39 is 0 Å². The molecule has 1 aliphatic heterocycles. The Morgan fingerprint density at radius 3 is 2.84 bits per heavy atom. The Kier molecular flexibility index (Phi) is 3.60. The van der Waals surface area contributed by atoms with Crippen LogP contribution in [0.4, 0.5) is 0 Å². The van der Waals surface area contributed by atoms with Crippen molar-refractivity contribution in [3.05, 3.63) is 23.7 Å². The molecule has 2 fully saturated rings. The topological polar surface area (TPSA) is 45.5 Å². The molecule has 4 nitrogen and oxygen atoms in total. The largest absolute Gasteiger partial charge is 0.464 e. The second kappa shape index (κ2) is 5.37. The molecule has 1 aromatic heterocycles. The molecule has 2 aliphatic rings. The third-order valence-corrected chi connectivity index (χ3v) is 4.04. The summed E-state index contributed by atoms with van der Waals surface area (Å²) in [5.74, 6) is 2.29. The molecule has 1 saturated carbocycles. The van der Waals surface area contributed by atoms with E-state index in [1.807, 2.05) is 24.0 Å². The minimum atomic E-state index is 0.158. The van der Waals surface area contributed by atoms with Crippen molar-refractivity contribution in [2.24, 2.45) is 5.92 Å². The first-order valence-electron chi connectivity index (χ1n) is 7.30. The summed E-state index contributed by atoms with van der Waals surface area (Å²) in [5.41, 5.74) is 0. The third kappa shape index (κ3) is 3.00. The maximum absolute atomic E-state index is 12.6. The average molecular weight is 262 g/mol. The van der Waals surface area contributed by atoms with Crippen LogP contribution in [0, 0.1) is 12.8 Å². The first kappa shape index (κ1) is 12.7. The number of furan rings is 1. The van der Waals surface area contributed by atoms with Crippen LogP contribution in [0.3, 0.4) is 0 Å². The van der Waals surface area contributed by atoms with Crippen molar-refractivity contribution in [2.75, 3.05) is 13.1 Å². The molecule has 1 N–H and O–H groups in total. The second-order valence-electron chi connectivity index (χ2n) is 5.75. The highest BCUT2D eigenvalue weighted by molar-refractivity contribution is 5.79. The number of nitrogens with zero attached hydrogens (tertiary/aromatic N) is 1. The number of carbonyl (C=O) groups excluding carboxylic acids is 1. The molecule has 4 heteroatoms. The monoisotopic (exact) mass is 262 g/mol. The lowest BCUT2D eigenvalue weighted by atomic mass is 9.98. The summed E-state index contributed by atoms with van der Waals surface area (Å²) < 4.78 is 5.62. The third-order valence-electron chi connectivity index (χ3n) is 4.04. The first-order valence-corrected chi connectivity index (χ1v) is 7.30. The summed E-state index contributed by atoms with van der Waals surface area (Å²) in [6.45, 7) is 4.45. The standard InChI is InChI=1S/C15H22N2O2/c1-11-4-7-14(19-11)10-17(13-5-6-13)15(18)12-3-2-8-16-9-12/h4,7,12-13,16H,2-3,5-6,8-10H2,1H3. The van der Waals surface area contributed by atoms with Crippen LogP contribution in [0.25, 0.3) is 0 Å². The van der Waals surface area contributed by atoms with E-state index in [9.17, 15) is 4.79 Å². The van der Waals surface area contributed by atoms with Gasteiger partial charge in [-0.1, -0.05) is 0 Å². The van der Waals surface area contributed by atoms with Crippen LogP contribution in [0.15, 0.2) is 16.5 Å². The van der Waals surface area contributed by atoms with Crippen molar-refractivity contribution in [2.45, 2.75) is 45.2 Å². The molecule has 0 spiro atoms. The summed E-state index contributed by atoms with van der Waals surface area (Å²) in [6, 6.07) is 4.39. The van der Waals surface area contributed by atoms with Gasteiger partial charge in [0.25, 0.3) is 0 Å². The highest BCUT2D eigenvalue weighted by Gasteiger charge is 2.36. The minimum Gasteiger partial charge on any atom is -0.464 e. The number of amides is 1. The number of aryl methyl sites for hydroxylation is 1. The number of hydrogen-bond acceptors (Lipinski definition) is 3. The highest BCUT2D eigenvalue weighted by Crippen LogP contribution is 2.31. The predicted molar refractivity (Wildman–Crippen MR) is 72.6 cm³/mol. The zero-order chi connectivity index (χ0) is 13.2. The van der Waals surface area contributed by atoms with Gasteiger partial charge in [-0.3, -0.25) is 4.79 Å². The van der Waals surface area contributed by atoms with Crippen molar-refractivity contribution in [1.29, 1.82) is 0 Å². The summed E-state index contributed by atoms with van der Waals surface area (Å²) in [5, 5.41) is 3.33. The molecule has 1 saturated heterocycles. The van der Waals surface area contributed by atoms with E-state index in [1.54, 1.807) is 0 Å². The number of carbonyl (C=O) groups is 1. The fourth-order valence-corrected chi connectivity index (χ4v) is 2.81. The molecule has 1 atom stereocenters. The van der Waals surface area contributed by atoms with Crippen molar-refractivity contribution >= 4 is 5.91 Å². The van der Waals surface area contributed by atoms with Gasteiger partial charge in [0.2, 0.25) is 5.91 Å². The lowest BCUT2D eigenvalue weighted by molar-refractivity contribution is -0.137. The lowest BCUT2D eigenvalue weighted by Gasteiger charge is -2.29. The lowest BCUT2D eigenvalue weighted by Crippen LogP contribution is -2.43. The molecule has 2 heterocycles. The van der Waals surface area contributed by atoms with E-state index in [0.29, 0.717) is 18.5 Å². The van der Waals surface area contributed by atoms with E-state index in [0.717, 1.165) is 50.3 Å². The second-order valence-corrected chi connectivity index (χ2v) is 5.75. The van der Waals surface area contributed by atoms with Gasteiger partial charge in [0, 0.05) is 12.6 Å². The Hall–Kier alpha value is -1.29. The molecular weight excluding hydrogens is 240 g/mol. The Bertz CT molecular complexity index is 445. The Labute approximate surface area is 114 Å². The van der Waals surface area contributed by atoms with Crippen LogP contribution in [0.1, 0.15) is 37.2 Å². The molecule has 104 valence electrons. The van der Waals surface area contributed by atoms with E-state index >= 15 is 0 Å². The molecule has 19 heavy (non-hydrogen) atoms. The number of piperidine rings is 1. The highest BCUT2D eigenvalue weighted by atomic mass is 16.3. The van der Waals surface area contributed by atoms with Gasteiger partial charge in [0.1, 0.15) is 11.5 Å². The summed E-state index contributed by atoms with van der Waals surface area (Å²) in [4.78, 5) is 14.7. The van der Waals surface area contributed by atoms with Crippen LogP contribution in [-0.2, 0) is 11.3 Å². The van der Waals surface area contributed by atoms with E-state index in [-0.39, 0.29) is 5.92 Å². The molecule has 3 rings (SSSR count). The van der Waals surface area contributed by atoms with Gasteiger partial charge in [-0.2, -0.15) is 0 Å². The fourth-order valence-electron chi connectivity index (χ4n) is 2.81. The maximum atomic E-state index is 12.6. The van der Waals surface area contributed by atoms with Crippen LogP contribution >= 0.6 is 0 Å². The van der Waals surface area contributed by atoms with Gasteiger partial charge >= 0.3 is 0 Å². The van der Waals surface area contributed by atoms with Gasteiger partial charge in [-0.15, -0.1) is 0 Å². The van der Waals surface area contributed by atoms with Gasteiger partial charge in [-0.05, 0) is 51.3 Å². The molecular formula is C15H22N2O2. The average Bonchev–Trinajstić information content (AvgIpc) is 3.20. The van der Waals surface area contributed by atoms with Gasteiger partial charge in [0.15, 0.2) is 0 Å². The predicted octanol–water partition coefficient (Wildman–Crippen LogP) is 2.08. The van der Waals surface area contributed by atoms with E-state index in [1.165, 1.54) is 0 Å². The smallest absolute Gasteiger partial charge is 0.227 e. The molecule has 1 aromatic rings. The van der Waals surface area contributed by atoms with Gasteiger partial charge < -0.3 is 14.6 Å². The van der Waals surface area contributed by atoms with Crippen LogP contribution < -0.4 is 5.32 Å². The fraction of sp³-hybridized carbons (Fsp3) is 0.667. The number of hydrogen-bond donors (Lipinski definition) is 1. The van der Waals surface area contributed by atoms with Crippen LogP contribution in [0.5, 0.6) is 0 Å². The molecule has 0 bridgehead atoms. The normalized spacial score (nSPS) is 23.3. The zero-order valence-electron chi connectivity index (χ0n) is 11.5. The minimum absolute atomic E-state index is 0.158. The zero-order valence-corrected chi connectivity index (χ0v) is 11.5. The molecule has 0 radical (unpaired) electrons. The number of rotatable bonds is 4. The van der Waals surface area contributed by atoms with Crippen LogP contribution in [-0.4, -0.2) is 29.9 Å². The SMILES string of the molecule is Cc1ccc(CN(C(=O)C2CCCNC2)C2CC2)o1. The number of nitrogens with one attached hydrogen (secondary N) is 1. The Morgan fingerprint density at radius 1 is 1.42 bits per heavy atom. The molecule has 1 aliphatic carbocycles. The van der Waals surface area contributed by atoms with E-state index in [2.05, 4.69) is 5.32 Å². The quantitative estimate of drug-likeness (QED) is 0.903. The van der Waals surface area contributed by atoms with Gasteiger partial charge in [-0.25, -0.2) is 0 Å². The van der Waals surface area contributed by atoms with Gasteiger partial charge in [0.05, 0.1) is 12.5 Å². The Balaban J connectivity index is 1.67. The molecule has 1 amide bonds.